The van der Waals surface area contributed by atoms with Crippen molar-refractivity contribution in [3.63, 3.8) is 0 Å². The average Bonchev–Trinajstić information content (AvgIpc) is 3.14. The molecule has 1 aromatic heterocycles. The zero-order valence-corrected chi connectivity index (χ0v) is 16.6. The summed E-state index contributed by atoms with van der Waals surface area (Å²) in [6.07, 6.45) is 3.99. The molecule has 3 aromatic rings. The molecule has 3 heterocycles. The quantitative estimate of drug-likeness (QED) is 0.641. The van der Waals surface area contributed by atoms with Crippen molar-refractivity contribution in [3.05, 3.63) is 65.6 Å². The van der Waals surface area contributed by atoms with Gasteiger partial charge in [0.2, 0.25) is 0 Å². The maximum atomic E-state index is 12.9. The molecule has 1 fully saturated rings. The molecule has 0 unspecified atom stereocenters. The molecule has 29 heavy (non-hydrogen) atoms. The van der Waals surface area contributed by atoms with Crippen LogP contribution < -0.4 is 4.74 Å². The zero-order valence-electron chi connectivity index (χ0n) is 16.6. The van der Waals surface area contributed by atoms with Gasteiger partial charge in [0.05, 0.1) is 18.9 Å². The Bertz CT molecular complexity index is 974. The molecule has 2 aliphatic heterocycles. The first-order valence-electron chi connectivity index (χ1n) is 10.6. The van der Waals surface area contributed by atoms with Crippen molar-refractivity contribution >= 4 is 10.9 Å². The monoisotopic (exact) mass is 394 g/mol. The number of aromatic nitrogens is 1. The van der Waals surface area contributed by atoms with Crippen LogP contribution in [0.2, 0.25) is 0 Å². The molecule has 152 valence electrons. The van der Waals surface area contributed by atoms with E-state index in [2.05, 4.69) is 34.1 Å². The van der Waals surface area contributed by atoms with Gasteiger partial charge in [0, 0.05) is 30.5 Å². The zero-order chi connectivity index (χ0) is 19.7. The summed E-state index contributed by atoms with van der Waals surface area (Å²) < 4.78 is 25.1. The number of halogens is 1. The first-order chi connectivity index (χ1) is 14.2. The predicted octanol–water partition coefficient (Wildman–Crippen LogP) is 4.64. The number of rotatable bonds is 5. The first kappa shape index (κ1) is 18.6. The van der Waals surface area contributed by atoms with Crippen LogP contribution in [0, 0.1) is 5.82 Å². The first-order valence-corrected chi connectivity index (χ1v) is 10.6. The summed E-state index contributed by atoms with van der Waals surface area (Å²) in [6, 6.07) is 14.8. The Labute approximate surface area is 170 Å². The SMILES string of the molecule is Fc1ccc(OCCCN2CCC3(CC2)OCCc2c3[nH]c3ccccc23)cc1. The van der Waals surface area contributed by atoms with Gasteiger partial charge in [-0.1, -0.05) is 18.2 Å². The second kappa shape index (κ2) is 7.81. The van der Waals surface area contributed by atoms with E-state index in [1.165, 1.54) is 34.3 Å². The topological polar surface area (TPSA) is 37.5 Å². The van der Waals surface area contributed by atoms with Gasteiger partial charge in [0.25, 0.3) is 0 Å². The van der Waals surface area contributed by atoms with E-state index in [0.29, 0.717) is 6.61 Å². The van der Waals surface area contributed by atoms with Gasteiger partial charge in [-0.3, -0.25) is 0 Å². The summed E-state index contributed by atoms with van der Waals surface area (Å²) in [5.74, 6) is 0.494. The summed E-state index contributed by atoms with van der Waals surface area (Å²) in [6.45, 7) is 4.53. The Morgan fingerprint density at radius 1 is 1.07 bits per heavy atom. The van der Waals surface area contributed by atoms with E-state index < -0.39 is 0 Å². The third-order valence-corrected chi connectivity index (χ3v) is 6.36. The van der Waals surface area contributed by atoms with Crippen molar-refractivity contribution in [2.75, 3.05) is 32.8 Å². The number of aromatic amines is 1. The van der Waals surface area contributed by atoms with Crippen LogP contribution in [-0.2, 0) is 16.8 Å². The minimum absolute atomic E-state index is 0.159. The minimum Gasteiger partial charge on any atom is -0.494 e. The highest BCUT2D eigenvalue weighted by atomic mass is 19.1. The number of H-pyrrole nitrogens is 1. The lowest BCUT2D eigenvalue weighted by atomic mass is 9.83. The highest BCUT2D eigenvalue weighted by Gasteiger charge is 2.42. The molecular weight excluding hydrogens is 367 g/mol. The molecule has 1 saturated heterocycles. The molecule has 0 bridgehead atoms. The lowest BCUT2D eigenvalue weighted by molar-refractivity contribution is -0.100. The highest BCUT2D eigenvalue weighted by molar-refractivity contribution is 5.85. The van der Waals surface area contributed by atoms with Crippen LogP contribution in [0.25, 0.3) is 10.9 Å². The van der Waals surface area contributed by atoms with Gasteiger partial charge in [-0.25, -0.2) is 4.39 Å². The number of fused-ring (bicyclic) bond motifs is 4. The van der Waals surface area contributed by atoms with Gasteiger partial charge < -0.3 is 19.4 Å². The molecule has 1 N–H and O–H groups in total. The van der Waals surface area contributed by atoms with E-state index in [9.17, 15) is 4.39 Å². The van der Waals surface area contributed by atoms with Crippen LogP contribution in [-0.4, -0.2) is 42.7 Å². The molecular formula is C24H27FN2O2. The van der Waals surface area contributed by atoms with E-state index in [0.717, 1.165) is 57.7 Å². The third-order valence-electron chi connectivity index (χ3n) is 6.36. The molecule has 0 aliphatic carbocycles. The number of nitrogens with zero attached hydrogens (tertiary/aromatic N) is 1. The fraction of sp³-hybridized carbons (Fsp3) is 0.417. The van der Waals surface area contributed by atoms with Crippen molar-refractivity contribution in [1.82, 2.24) is 9.88 Å². The van der Waals surface area contributed by atoms with E-state index in [1.54, 1.807) is 12.1 Å². The Hall–Kier alpha value is -2.37. The smallest absolute Gasteiger partial charge is 0.123 e. The van der Waals surface area contributed by atoms with Crippen LogP contribution in [0.1, 0.15) is 30.5 Å². The number of piperidine rings is 1. The molecule has 5 rings (SSSR count). The molecule has 5 heteroatoms. The molecule has 0 saturated carbocycles. The van der Waals surface area contributed by atoms with Gasteiger partial charge in [0.1, 0.15) is 17.2 Å². The van der Waals surface area contributed by atoms with Crippen LogP contribution in [0.3, 0.4) is 0 Å². The molecule has 0 atom stereocenters. The number of hydrogen-bond acceptors (Lipinski definition) is 3. The van der Waals surface area contributed by atoms with Gasteiger partial charge >= 0.3 is 0 Å². The standard InChI is InChI=1S/C24H27FN2O2/c25-18-6-8-19(9-7-18)28-16-3-13-27-14-11-24(12-15-27)23-21(10-17-29-24)20-4-1-2-5-22(20)26-23/h1-2,4-9,26H,3,10-17H2. The molecule has 2 aromatic carbocycles. The second-order valence-electron chi connectivity index (χ2n) is 8.11. The van der Waals surface area contributed by atoms with Crippen molar-refractivity contribution in [2.24, 2.45) is 0 Å². The van der Waals surface area contributed by atoms with Crippen LogP contribution >= 0.6 is 0 Å². The van der Waals surface area contributed by atoms with Crippen LogP contribution in [0.5, 0.6) is 5.75 Å². The average molecular weight is 394 g/mol. The normalized spacial score (nSPS) is 18.8. The van der Waals surface area contributed by atoms with Crippen LogP contribution in [0.15, 0.2) is 48.5 Å². The maximum absolute atomic E-state index is 12.9. The number of ether oxygens (including phenoxy) is 2. The summed E-state index contributed by atoms with van der Waals surface area (Å²) in [5, 5.41) is 1.35. The van der Waals surface area contributed by atoms with Crippen molar-refractivity contribution in [1.29, 1.82) is 0 Å². The number of benzene rings is 2. The van der Waals surface area contributed by atoms with Crippen molar-refractivity contribution < 1.29 is 13.9 Å². The Balaban J connectivity index is 1.17. The number of nitrogens with one attached hydrogen (secondary N) is 1. The largest absolute Gasteiger partial charge is 0.494 e. The fourth-order valence-electron chi connectivity index (χ4n) is 4.81. The molecule has 1 spiro atoms. The second-order valence-corrected chi connectivity index (χ2v) is 8.11. The minimum atomic E-state index is -0.234. The maximum Gasteiger partial charge on any atom is 0.123 e. The van der Waals surface area contributed by atoms with Gasteiger partial charge in [0.15, 0.2) is 0 Å². The Kier molecular flexibility index (Phi) is 5.02. The summed E-state index contributed by atoms with van der Waals surface area (Å²) in [4.78, 5) is 6.18. The van der Waals surface area contributed by atoms with Gasteiger partial charge in [-0.05, 0) is 61.6 Å². The summed E-state index contributed by atoms with van der Waals surface area (Å²) in [7, 11) is 0. The number of para-hydroxylation sites is 1. The molecule has 0 radical (unpaired) electrons. The lowest BCUT2D eigenvalue weighted by Crippen LogP contribution is -2.47. The lowest BCUT2D eigenvalue weighted by Gasteiger charge is -2.43. The highest BCUT2D eigenvalue weighted by Crippen LogP contribution is 2.43. The van der Waals surface area contributed by atoms with E-state index >= 15 is 0 Å². The summed E-state index contributed by atoms with van der Waals surface area (Å²) >= 11 is 0. The van der Waals surface area contributed by atoms with Crippen molar-refractivity contribution in [3.8, 4) is 5.75 Å². The van der Waals surface area contributed by atoms with E-state index in [1.807, 2.05) is 0 Å². The van der Waals surface area contributed by atoms with E-state index in [-0.39, 0.29) is 11.4 Å². The van der Waals surface area contributed by atoms with Gasteiger partial charge in [-0.2, -0.15) is 0 Å². The number of likely N-dealkylation sites (tertiary alicyclic amines) is 1. The summed E-state index contributed by atoms with van der Waals surface area (Å²) in [5.41, 5.74) is 3.83. The molecule has 4 nitrogen and oxygen atoms in total. The fourth-order valence-corrected chi connectivity index (χ4v) is 4.81. The predicted molar refractivity (Wildman–Crippen MR) is 112 cm³/mol. The van der Waals surface area contributed by atoms with Crippen LogP contribution in [0.4, 0.5) is 4.39 Å². The van der Waals surface area contributed by atoms with Gasteiger partial charge in [-0.15, -0.1) is 0 Å². The molecule has 0 amide bonds. The number of hydrogen-bond donors (Lipinski definition) is 1. The Morgan fingerprint density at radius 3 is 2.69 bits per heavy atom. The van der Waals surface area contributed by atoms with E-state index in [4.69, 9.17) is 9.47 Å². The third kappa shape index (κ3) is 3.65. The molecule has 2 aliphatic rings. The van der Waals surface area contributed by atoms with Crippen molar-refractivity contribution in [2.45, 2.75) is 31.3 Å². The Morgan fingerprint density at radius 2 is 1.86 bits per heavy atom.